The van der Waals surface area contributed by atoms with E-state index in [-0.39, 0.29) is 5.41 Å². The quantitative estimate of drug-likeness (QED) is 0.659. The van der Waals surface area contributed by atoms with E-state index < -0.39 is 0 Å². The van der Waals surface area contributed by atoms with E-state index in [4.69, 9.17) is 11.6 Å². The number of benzene rings is 1. The van der Waals surface area contributed by atoms with Gasteiger partial charge in [0.15, 0.2) is 0 Å². The Bertz CT molecular complexity index is 390. The Labute approximate surface area is 113 Å². The van der Waals surface area contributed by atoms with Crippen molar-refractivity contribution in [2.24, 2.45) is 0 Å². The molecule has 94 valence electrons. The molecule has 3 heteroatoms. The van der Waals surface area contributed by atoms with Crippen LogP contribution < -0.4 is 5.32 Å². The number of nitrogens with one attached hydrogen (secondary N) is 1. The van der Waals surface area contributed by atoms with Gasteiger partial charge in [-0.05, 0) is 35.8 Å². The maximum atomic E-state index is 5.70. The van der Waals surface area contributed by atoms with E-state index in [0.717, 1.165) is 6.54 Å². The summed E-state index contributed by atoms with van der Waals surface area (Å²) in [6.45, 7) is 5.46. The lowest BCUT2D eigenvalue weighted by atomic mass is 9.83. The van der Waals surface area contributed by atoms with Crippen LogP contribution in [0, 0.1) is 0 Å². The zero-order chi connectivity index (χ0) is 12.3. The van der Waals surface area contributed by atoms with Gasteiger partial charge in [-0.1, -0.05) is 26.0 Å². The minimum Gasteiger partial charge on any atom is -0.303 e. The van der Waals surface area contributed by atoms with Crippen LogP contribution in [0.4, 0.5) is 0 Å². The molecule has 2 rings (SSSR count). The SMILES string of the molecule is CC(C)(CNCCl)c1ccc2c(c1)CCCS2. The van der Waals surface area contributed by atoms with Crippen LogP contribution in [-0.4, -0.2) is 18.3 Å². The molecule has 0 aromatic heterocycles. The van der Waals surface area contributed by atoms with Crippen LogP contribution in [0.5, 0.6) is 0 Å². The maximum Gasteiger partial charge on any atom is 0.0713 e. The van der Waals surface area contributed by atoms with E-state index in [2.05, 4.69) is 37.4 Å². The molecule has 1 aliphatic heterocycles. The predicted octanol–water partition coefficient (Wildman–Crippen LogP) is 3.79. The molecule has 0 radical (unpaired) electrons. The van der Waals surface area contributed by atoms with Gasteiger partial charge < -0.3 is 5.32 Å². The van der Waals surface area contributed by atoms with Crippen molar-refractivity contribution in [3.63, 3.8) is 0 Å². The number of hydrogen-bond donors (Lipinski definition) is 1. The van der Waals surface area contributed by atoms with Crippen LogP contribution in [-0.2, 0) is 11.8 Å². The molecular weight excluding hydrogens is 250 g/mol. The van der Waals surface area contributed by atoms with Gasteiger partial charge in [-0.15, -0.1) is 23.4 Å². The fourth-order valence-electron chi connectivity index (χ4n) is 2.24. The standard InChI is InChI=1S/C14H20ClNS/c1-14(2,9-16-10-15)12-5-6-13-11(8-12)4-3-7-17-13/h5-6,8,16H,3-4,7,9-10H2,1-2H3. The third kappa shape index (κ3) is 3.18. The van der Waals surface area contributed by atoms with Gasteiger partial charge in [0.25, 0.3) is 0 Å². The normalized spacial score (nSPS) is 15.7. The Morgan fingerprint density at radius 3 is 3.00 bits per heavy atom. The minimum absolute atomic E-state index is 0.145. The van der Waals surface area contributed by atoms with Gasteiger partial charge >= 0.3 is 0 Å². The molecule has 1 heterocycles. The molecule has 1 aromatic rings. The third-order valence-electron chi connectivity index (χ3n) is 3.35. The van der Waals surface area contributed by atoms with Gasteiger partial charge in [0.2, 0.25) is 0 Å². The first kappa shape index (κ1) is 13.3. The second-order valence-corrected chi connectivity index (χ2v) is 6.62. The number of rotatable bonds is 4. The molecule has 0 saturated heterocycles. The fourth-order valence-corrected chi connectivity index (χ4v) is 3.36. The van der Waals surface area contributed by atoms with Crippen molar-refractivity contribution < 1.29 is 0 Å². The average Bonchev–Trinajstić information content (AvgIpc) is 2.36. The lowest BCUT2D eigenvalue weighted by Gasteiger charge is -2.27. The van der Waals surface area contributed by atoms with Gasteiger partial charge in [0, 0.05) is 16.9 Å². The van der Waals surface area contributed by atoms with Crippen LogP contribution in [0.2, 0.25) is 0 Å². The molecule has 17 heavy (non-hydrogen) atoms. The molecule has 0 aliphatic carbocycles. The van der Waals surface area contributed by atoms with Crippen LogP contribution in [0.15, 0.2) is 23.1 Å². The molecule has 0 spiro atoms. The number of halogens is 1. The molecule has 0 atom stereocenters. The summed E-state index contributed by atoms with van der Waals surface area (Å²) in [6.07, 6.45) is 2.54. The zero-order valence-electron chi connectivity index (χ0n) is 10.6. The highest BCUT2D eigenvalue weighted by Gasteiger charge is 2.21. The first-order valence-corrected chi connectivity index (χ1v) is 7.68. The lowest BCUT2D eigenvalue weighted by molar-refractivity contribution is 0.488. The number of thioether (sulfide) groups is 1. The van der Waals surface area contributed by atoms with Crippen molar-refractivity contribution in [3.8, 4) is 0 Å². The van der Waals surface area contributed by atoms with Crippen molar-refractivity contribution in [1.29, 1.82) is 0 Å². The molecule has 0 unspecified atom stereocenters. The molecule has 0 fully saturated rings. The second-order valence-electron chi connectivity index (χ2n) is 5.22. The Hall–Kier alpha value is -0.180. The minimum atomic E-state index is 0.145. The van der Waals surface area contributed by atoms with Crippen molar-refractivity contribution in [1.82, 2.24) is 5.32 Å². The molecule has 0 bridgehead atoms. The van der Waals surface area contributed by atoms with Gasteiger partial charge in [-0.25, -0.2) is 0 Å². The largest absolute Gasteiger partial charge is 0.303 e. The van der Waals surface area contributed by atoms with Crippen LogP contribution in [0.25, 0.3) is 0 Å². The van der Waals surface area contributed by atoms with Crippen LogP contribution in [0.3, 0.4) is 0 Å². The van der Waals surface area contributed by atoms with E-state index in [9.17, 15) is 0 Å². The Balaban J connectivity index is 2.20. The molecule has 1 aliphatic rings. The second kappa shape index (κ2) is 5.64. The van der Waals surface area contributed by atoms with Crippen molar-refractivity contribution >= 4 is 23.4 Å². The summed E-state index contributed by atoms with van der Waals surface area (Å²) in [5.41, 5.74) is 3.08. The highest BCUT2D eigenvalue weighted by molar-refractivity contribution is 7.99. The van der Waals surface area contributed by atoms with E-state index in [0.29, 0.717) is 6.00 Å². The van der Waals surface area contributed by atoms with Crippen molar-refractivity contribution in [2.75, 3.05) is 18.3 Å². The zero-order valence-corrected chi connectivity index (χ0v) is 12.1. The van der Waals surface area contributed by atoms with Gasteiger partial charge in [-0.3, -0.25) is 0 Å². The van der Waals surface area contributed by atoms with Crippen molar-refractivity contribution in [3.05, 3.63) is 29.3 Å². The monoisotopic (exact) mass is 269 g/mol. The Morgan fingerprint density at radius 2 is 2.24 bits per heavy atom. The predicted molar refractivity (Wildman–Crippen MR) is 77.2 cm³/mol. The third-order valence-corrected chi connectivity index (χ3v) is 4.74. The van der Waals surface area contributed by atoms with Gasteiger partial charge in [0.1, 0.15) is 0 Å². The maximum absolute atomic E-state index is 5.70. The Kier molecular flexibility index (Phi) is 4.40. The highest BCUT2D eigenvalue weighted by atomic mass is 35.5. The molecule has 1 aromatic carbocycles. The van der Waals surface area contributed by atoms with E-state index >= 15 is 0 Å². The van der Waals surface area contributed by atoms with E-state index in [1.54, 1.807) is 0 Å². The molecule has 0 amide bonds. The molecule has 1 N–H and O–H groups in total. The molecule has 0 saturated carbocycles. The fraction of sp³-hybridized carbons (Fsp3) is 0.571. The summed E-state index contributed by atoms with van der Waals surface area (Å²) in [7, 11) is 0. The number of aryl methyl sites for hydroxylation is 1. The average molecular weight is 270 g/mol. The summed E-state index contributed by atoms with van der Waals surface area (Å²) in [6, 6.07) is 7.46. The summed E-state index contributed by atoms with van der Waals surface area (Å²) >= 11 is 7.69. The highest BCUT2D eigenvalue weighted by Crippen LogP contribution is 2.33. The number of alkyl halides is 1. The summed E-state index contributed by atoms with van der Waals surface area (Å²) in [4.78, 5) is 1.47. The Morgan fingerprint density at radius 1 is 1.41 bits per heavy atom. The lowest BCUT2D eigenvalue weighted by Crippen LogP contribution is -2.32. The molecular formula is C14H20ClNS. The van der Waals surface area contributed by atoms with Crippen LogP contribution >= 0.6 is 23.4 Å². The van der Waals surface area contributed by atoms with Crippen LogP contribution in [0.1, 0.15) is 31.4 Å². The summed E-state index contributed by atoms with van der Waals surface area (Å²) < 4.78 is 0. The van der Waals surface area contributed by atoms with Gasteiger partial charge in [-0.2, -0.15) is 0 Å². The van der Waals surface area contributed by atoms with E-state index in [1.165, 1.54) is 34.6 Å². The number of hydrogen-bond acceptors (Lipinski definition) is 2. The smallest absolute Gasteiger partial charge is 0.0713 e. The topological polar surface area (TPSA) is 12.0 Å². The first-order valence-electron chi connectivity index (χ1n) is 6.16. The molecule has 1 nitrogen and oxygen atoms in total. The summed E-state index contributed by atoms with van der Waals surface area (Å²) in [5.74, 6) is 1.27. The summed E-state index contributed by atoms with van der Waals surface area (Å²) in [5, 5.41) is 3.23. The number of fused-ring (bicyclic) bond motifs is 1. The van der Waals surface area contributed by atoms with Crippen molar-refractivity contribution in [2.45, 2.75) is 37.0 Å². The van der Waals surface area contributed by atoms with E-state index in [1.807, 2.05) is 11.8 Å². The first-order chi connectivity index (χ1) is 8.13. The van der Waals surface area contributed by atoms with Gasteiger partial charge in [0.05, 0.1) is 6.00 Å².